The molecule has 2 rings (SSSR count). The van der Waals surface area contributed by atoms with Crippen LogP contribution in [0.3, 0.4) is 0 Å². The molecule has 0 saturated heterocycles. The van der Waals surface area contributed by atoms with Gasteiger partial charge in [0.1, 0.15) is 11.9 Å². The van der Waals surface area contributed by atoms with E-state index in [2.05, 4.69) is 19.1 Å². The number of hydrogen-bond donors (Lipinski definition) is 1. The van der Waals surface area contributed by atoms with E-state index in [-0.39, 0.29) is 12.2 Å². The number of benzene rings is 1. The van der Waals surface area contributed by atoms with Crippen LogP contribution in [-0.2, 0) is 6.42 Å². The highest BCUT2D eigenvalue weighted by atomic mass is 16.5. The van der Waals surface area contributed by atoms with Gasteiger partial charge in [-0.25, -0.2) is 0 Å². The Bertz CT molecular complexity index is 379. The van der Waals surface area contributed by atoms with Crippen molar-refractivity contribution < 1.29 is 9.84 Å². The molecule has 1 aromatic rings. The monoisotopic (exact) mass is 276 g/mol. The topological polar surface area (TPSA) is 29.5 Å². The van der Waals surface area contributed by atoms with Crippen molar-refractivity contribution in [2.24, 2.45) is 5.92 Å². The fourth-order valence-electron chi connectivity index (χ4n) is 3.04. The Morgan fingerprint density at radius 1 is 1.20 bits per heavy atom. The van der Waals surface area contributed by atoms with E-state index >= 15 is 0 Å². The number of aliphatic hydroxyl groups is 1. The van der Waals surface area contributed by atoms with Crippen LogP contribution in [0.4, 0.5) is 0 Å². The summed E-state index contributed by atoms with van der Waals surface area (Å²) >= 11 is 0. The van der Waals surface area contributed by atoms with E-state index < -0.39 is 0 Å². The lowest BCUT2D eigenvalue weighted by atomic mass is 9.98. The molecule has 2 unspecified atom stereocenters. The Morgan fingerprint density at radius 3 is 2.45 bits per heavy atom. The van der Waals surface area contributed by atoms with Crippen LogP contribution in [-0.4, -0.2) is 17.3 Å². The second kappa shape index (κ2) is 7.68. The molecule has 0 amide bonds. The summed E-state index contributed by atoms with van der Waals surface area (Å²) in [6.45, 7) is 4.11. The molecule has 20 heavy (non-hydrogen) atoms. The first kappa shape index (κ1) is 15.4. The van der Waals surface area contributed by atoms with Gasteiger partial charge < -0.3 is 9.84 Å². The molecule has 1 aliphatic rings. The molecule has 1 aliphatic carbocycles. The molecule has 2 heteroatoms. The van der Waals surface area contributed by atoms with Crippen molar-refractivity contribution in [1.82, 2.24) is 0 Å². The van der Waals surface area contributed by atoms with Crippen LogP contribution in [0, 0.1) is 5.92 Å². The van der Waals surface area contributed by atoms with Gasteiger partial charge in [-0.1, -0.05) is 44.7 Å². The molecule has 0 spiro atoms. The summed E-state index contributed by atoms with van der Waals surface area (Å²) < 4.78 is 5.84. The number of ether oxygens (including phenoxy) is 1. The van der Waals surface area contributed by atoms with E-state index in [1.807, 2.05) is 19.1 Å². The highest BCUT2D eigenvalue weighted by Crippen LogP contribution is 2.29. The fraction of sp³-hybridized carbons (Fsp3) is 0.667. The first-order valence-corrected chi connectivity index (χ1v) is 8.12. The largest absolute Gasteiger partial charge is 0.488 e. The van der Waals surface area contributed by atoms with Gasteiger partial charge in [-0.05, 0) is 49.8 Å². The average Bonchev–Trinajstić information content (AvgIpc) is 2.98. The Labute approximate surface area is 123 Å². The molecular formula is C18H28O2. The molecule has 0 radical (unpaired) electrons. The number of rotatable bonds is 7. The zero-order chi connectivity index (χ0) is 14.4. The maximum atomic E-state index is 10.2. The molecule has 0 aliphatic heterocycles. The molecule has 1 saturated carbocycles. The second-order valence-electron chi connectivity index (χ2n) is 6.12. The van der Waals surface area contributed by atoms with Crippen molar-refractivity contribution in [1.29, 1.82) is 0 Å². The van der Waals surface area contributed by atoms with Crippen molar-refractivity contribution in [3.63, 3.8) is 0 Å². The number of hydrogen-bond acceptors (Lipinski definition) is 2. The van der Waals surface area contributed by atoms with Gasteiger partial charge in [-0.3, -0.25) is 0 Å². The van der Waals surface area contributed by atoms with Crippen molar-refractivity contribution in [2.75, 3.05) is 0 Å². The normalized spacial score (nSPS) is 18.9. The summed E-state index contributed by atoms with van der Waals surface area (Å²) in [6.07, 6.45) is 7.99. The van der Waals surface area contributed by atoms with Crippen molar-refractivity contribution >= 4 is 0 Å². The summed E-state index contributed by atoms with van der Waals surface area (Å²) in [6, 6.07) is 8.18. The minimum Gasteiger partial charge on any atom is -0.488 e. The predicted octanol–water partition coefficient (Wildman–Crippen LogP) is 4.35. The highest BCUT2D eigenvalue weighted by Gasteiger charge is 2.20. The molecule has 2 nitrogen and oxygen atoms in total. The third-order valence-electron chi connectivity index (χ3n) is 4.54. The van der Waals surface area contributed by atoms with Crippen LogP contribution in [0.5, 0.6) is 5.75 Å². The molecule has 0 aromatic heterocycles. The van der Waals surface area contributed by atoms with E-state index in [0.29, 0.717) is 0 Å². The third kappa shape index (κ3) is 4.52. The predicted molar refractivity (Wildman–Crippen MR) is 83.1 cm³/mol. The lowest BCUT2D eigenvalue weighted by Gasteiger charge is -2.22. The molecule has 2 atom stereocenters. The molecule has 1 N–H and O–H groups in total. The van der Waals surface area contributed by atoms with Gasteiger partial charge >= 0.3 is 0 Å². The van der Waals surface area contributed by atoms with E-state index in [9.17, 15) is 5.11 Å². The molecule has 1 aromatic carbocycles. The minimum atomic E-state index is -0.360. The van der Waals surface area contributed by atoms with Crippen molar-refractivity contribution in [3.05, 3.63) is 29.8 Å². The van der Waals surface area contributed by atoms with Gasteiger partial charge in [0.05, 0.1) is 6.10 Å². The van der Waals surface area contributed by atoms with E-state index in [0.717, 1.165) is 30.9 Å². The van der Waals surface area contributed by atoms with E-state index in [4.69, 9.17) is 4.74 Å². The third-order valence-corrected chi connectivity index (χ3v) is 4.54. The number of aliphatic hydroxyl groups excluding tert-OH is 1. The van der Waals surface area contributed by atoms with E-state index in [1.165, 1.54) is 31.2 Å². The lowest BCUT2D eigenvalue weighted by Crippen LogP contribution is -2.29. The van der Waals surface area contributed by atoms with Gasteiger partial charge in [0.25, 0.3) is 0 Å². The SMILES string of the molecule is CCc1ccc(OC(C)C(O)CCC2CCCC2)cc1. The van der Waals surface area contributed by atoms with Crippen LogP contribution in [0.15, 0.2) is 24.3 Å². The number of aryl methyl sites for hydroxylation is 1. The van der Waals surface area contributed by atoms with E-state index in [1.54, 1.807) is 0 Å². The fourth-order valence-corrected chi connectivity index (χ4v) is 3.04. The summed E-state index contributed by atoms with van der Waals surface area (Å²) in [5.74, 6) is 1.69. The molecule has 0 bridgehead atoms. The Kier molecular flexibility index (Phi) is 5.90. The van der Waals surface area contributed by atoms with Crippen LogP contribution in [0.1, 0.15) is 57.9 Å². The summed E-state index contributed by atoms with van der Waals surface area (Å²) in [4.78, 5) is 0. The highest BCUT2D eigenvalue weighted by molar-refractivity contribution is 5.27. The van der Waals surface area contributed by atoms with Crippen LogP contribution in [0.25, 0.3) is 0 Å². The minimum absolute atomic E-state index is 0.135. The first-order chi connectivity index (χ1) is 9.69. The van der Waals surface area contributed by atoms with Crippen LogP contribution >= 0.6 is 0 Å². The second-order valence-corrected chi connectivity index (χ2v) is 6.12. The average molecular weight is 276 g/mol. The Hall–Kier alpha value is -1.02. The van der Waals surface area contributed by atoms with Gasteiger partial charge in [0, 0.05) is 0 Å². The maximum Gasteiger partial charge on any atom is 0.122 e. The standard InChI is InChI=1S/C18H28O2/c1-3-15-8-11-17(12-9-15)20-14(2)18(19)13-10-16-6-4-5-7-16/h8-9,11-12,14,16,18-19H,3-7,10,13H2,1-2H3. The first-order valence-electron chi connectivity index (χ1n) is 8.12. The molecule has 0 heterocycles. The Balaban J connectivity index is 1.75. The van der Waals surface area contributed by atoms with Crippen LogP contribution in [0.2, 0.25) is 0 Å². The zero-order valence-electron chi connectivity index (χ0n) is 12.8. The van der Waals surface area contributed by atoms with Gasteiger partial charge in [0.15, 0.2) is 0 Å². The summed E-state index contributed by atoms with van der Waals surface area (Å²) in [5.41, 5.74) is 1.31. The molecule has 112 valence electrons. The zero-order valence-corrected chi connectivity index (χ0v) is 12.8. The molecule has 1 fully saturated rings. The summed E-state index contributed by atoms with van der Waals surface area (Å²) in [5, 5.41) is 10.2. The Morgan fingerprint density at radius 2 is 1.85 bits per heavy atom. The van der Waals surface area contributed by atoms with Crippen molar-refractivity contribution in [3.8, 4) is 5.75 Å². The quantitative estimate of drug-likeness (QED) is 0.802. The van der Waals surface area contributed by atoms with Gasteiger partial charge in [-0.15, -0.1) is 0 Å². The lowest BCUT2D eigenvalue weighted by molar-refractivity contribution is 0.0375. The molecular weight excluding hydrogens is 248 g/mol. The smallest absolute Gasteiger partial charge is 0.122 e. The van der Waals surface area contributed by atoms with Gasteiger partial charge in [0.2, 0.25) is 0 Å². The van der Waals surface area contributed by atoms with Crippen molar-refractivity contribution in [2.45, 2.75) is 71.0 Å². The van der Waals surface area contributed by atoms with Crippen LogP contribution < -0.4 is 4.74 Å². The summed E-state index contributed by atoms with van der Waals surface area (Å²) in [7, 11) is 0. The van der Waals surface area contributed by atoms with Gasteiger partial charge in [-0.2, -0.15) is 0 Å². The maximum absolute atomic E-state index is 10.2.